The van der Waals surface area contributed by atoms with Crippen molar-refractivity contribution in [3.05, 3.63) is 10.4 Å². The van der Waals surface area contributed by atoms with Crippen molar-refractivity contribution in [3.63, 3.8) is 0 Å². The molecular formula is C5H9N3O. The minimum Gasteiger partial charge on any atom is -0.380 e. The zero-order valence-electron chi connectivity index (χ0n) is 5.37. The maximum Gasteiger partial charge on any atom is 0.0543 e. The molecule has 1 rings (SSSR count). The van der Waals surface area contributed by atoms with Gasteiger partial charge in [-0.25, -0.2) is 0 Å². The van der Waals surface area contributed by atoms with E-state index >= 15 is 0 Å². The van der Waals surface area contributed by atoms with E-state index in [9.17, 15) is 0 Å². The summed E-state index contributed by atoms with van der Waals surface area (Å²) in [6.45, 7) is 4.06. The molecule has 1 heterocycles. The zero-order chi connectivity index (χ0) is 6.74. The van der Waals surface area contributed by atoms with Gasteiger partial charge in [0.1, 0.15) is 0 Å². The molecular weight excluding hydrogens is 118 g/mol. The van der Waals surface area contributed by atoms with E-state index in [0.717, 1.165) is 13.2 Å². The predicted octanol–water partition coefficient (Wildman–Crippen LogP) is 1.33. The lowest BCUT2D eigenvalue weighted by atomic mass is 9.89. The van der Waals surface area contributed by atoms with E-state index in [1.807, 2.05) is 6.92 Å². The lowest BCUT2D eigenvalue weighted by Crippen LogP contribution is -2.42. The second-order valence-corrected chi connectivity index (χ2v) is 2.69. The van der Waals surface area contributed by atoms with Crippen LogP contribution in [0.1, 0.15) is 6.92 Å². The molecule has 0 bridgehead atoms. The summed E-state index contributed by atoms with van der Waals surface area (Å²) in [4.78, 5) is 2.67. The molecule has 1 aliphatic rings. The summed E-state index contributed by atoms with van der Waals surface area (Å²) in [5.74, 6) is 0. The van der Waals surface area contributed by atoms with Crippen molar-refractivity contribution >= 4 is 0 Å². The van der Waals surface area contributed by atoms with Crippen LogP contribution in [-0.4, -0.2) is 19.8 Å². The average molecular weight is 127 g/mol. The van der Waals surface area contributed by atoms with Gasteiger partial charge >= 0.3 is 0 Å². The molecule has 0 atom stereocenters. The standard InChI is InChI=1S/C5H9N3O/c1-5(2-7-8-6)3-9-4-5/h2-4H2,1H3. The molecule has 0 N–H and O–H groups in total. The Hall–Kier alpha value is -0.730. The van der Waals surface area contributed by atoms with Crippen molar-refractivity contribution in [2.75, 3.05) is 19.8 Å². The number of ether oxygens (including phenoxy) is 1. The van der Waals surface area contributed by atoms with Gasteiger partial charge in [-0.1, -0.05) is 12.0 Å². The fourth-order valence-corrected chi connectivity index (χ4v) is 0.744. The third-order valence-electron chi connectivity index (χ3n) is 1.42. The van der Waals surface area contributed by atoms with Crippen molar-refractivity contribution in [3.8, 4) is 0 Å². The Morgan fingerprint density at radius 3 is 2.78 bits per heavy atom. The van der Waals surface area contributed by atoms with Gasteiger partial charge in [0, 0.05) is 16.9 Å². The van der Waals surface area contributed by atoms with E-state index in [2.05, 4.69) is 10.0 Å². The maximum absolute atomic E-state index is 7.97. The lowest BCUT2D eigenvalue weighted by Gasteiger charge is -2.36. The van der Waals surface area contributed by atoms with Crippen LogP contribution < -0.4 is 0 Å². The minimum atomic E-state index is 0.131. The number of azide groups is 1. The summed E-state index contributed by atoms with van der Waals surface area (Å²) in [6.07, 6.45) is 0. The quantitative estimate of drug-likeness (QED) is 0.313. The van der Waals surface area contributed by atoms with Gasteiger partial charge in [0.05, 0.1) is 13.2 Å². The molecule has 0 unspecified atom stereocenters. The molecule has 0 aromatic rings. The monoisotopic (exact) mass is 127 g/mol. The summed E-state index contributed by atoms with van der Waals surface area (Å²) in [6, 6.07) is 0. The Morgan fingerprint density at radius 1 is 1.78 bits per heavy atom. The molecule has 0 aliphatic carbocycles. The van der Waals surface area contributed by atoms with E-state index in [1.165, 1.54) is 0 Å². The topological polar surface area (TPSA) is 58.0 Å². The number of nitrogens with zero attached hydrogens (tertiary/aromatic N) is 3. The summed E-state index contributed by atoms with van der Waals surface area (Å²) < 4.78 is 4.95. The normalized spacial score (nSPS) is 21.9. The van der Waals surface area contributed by atoms with E-state index < -0.39 is 0 Å². The van der Waals surface area contributed by atoms with Crippen LogP contribution >= 0.6 is 0 Å². The maximum atomic E-state index is 7.97. The summed E-state index contributed by atoms with van der Waals surface area (Å²) in [5.41, 5.74) is 8.10. The van der Waals surface area contributed by atoms with Gasteiger partial charge in [-0.05, 0) is 5.53 Å². The van der Waals surface area contributed by atoms with Crippen molar-refractivity contribution < 1.29 is 4.74 Å². The van der Waals surface area contributed by atoms with Crippen LogP contribution in [0.4, 0.5) is 0 Å². The average Bonchev–Trinajstić information content (AvgIpc) is 1.79. The molecule has 0 spiro atoms. The van der Waals surface area contributed by atoms with Gasteiger partial charge in [-0.3, -0.25) is 0 Å². The van der Waals surface area contributed by atoms with Crippen LogP contribution in [0.2, 0.25) is 0 Å². The Balaban J connectivity index is 2.32. The van der Waals surface area contributed by atoms with Gasteiger partial charge in [0.25, 0.3) is 0 Å². The number of hydrogen-bond donors (Lipinski definition) is 0. The minimum absolute atomic E-state index is 0.131. The highest BCUT2D eigenvalue weighted by Gasteiger charge is 2.32. The molecule has 1 aliphatic heterocycles. The van der Waals surface area contributed by atoms with Crippen LogP contribution in [-0.2, 0) is 4.74 Å². The molecule has 4 nitrogen and oxygen atoms in total. The van der Waals surface area contributed by atoms with Crippen molar-refractivity contribution in [1.82, 2.24) is 0 Å². The molecule has 50 valence electrons. The predicted molar refractivity (Wildman–Crippen MR) is 32.9 cm³/mol. The van der Waals surface area contributed by atoms with Gasteiger partial charge in [-0.15, -0.1) is 0 Å². The van der Waals surface area contributed by atoms with Crippen LogP contribution in [0, 0.1) is 5.41 Å². The third kappa shape index (κ3) is 1.34. The SMILES string of the molecule is CC1(CN=[N+]=[N-])COC1. The van der Waals surface area contributed by atoms with Crippen LogP contribution in [0.15, 0.2) is 5.11 Å². The lowest BCUT2D eigenvalue weighted by molar-refractivity contribution is -0.0946. The first-order chi connectivity index (χ1) is 4.27. The Morgan fingerprint density at radius 2 is 2.44 bits per heavy atom. The molecule has 0 aromatic heterocycles. The van der Waals surface area contributed by atoms with E-state index in [0.29, 0.717) is 6.54 Å². The molecule has 9 heavy (non-hydrogen) atoms. The largest absolute Gasteiger partial charge is 0.380 e. The first-order valence-electron chi connectivity index (χ1n) is 2.85. The van der Waals surface area contributed by atoms with E-state index in [1.54, 1.807) is 0 Å². The highest BCUT2D eigenvalue weighted by atomic mass is 16.5. The van der Waals surface area contributed by atoms with Crippen molar-refractivity contribution in [2.24, 2.45) is 10.5 Å². The summed E-state index contributed by atoms with van der Waals surface area (Å²) >= 11 is 0. The van der Waals surface area contributed by atoms with Crippen LogP contribution in [0.25, 0.3) is 10.4 Å². The highest BCUT2D eigenvalue weighted by Crippen LogP contribution is 2.26. The summed E-state index contributed by atoms with van der Waals surface area (Å²) in [5, 5.41) is 3.47. The van der Waals surface area contributed by atoms with Gasteiger partial charge in [-0.2, -0.15) is 0 Å². The van der Waals surface area contributed by atoms with Crippen LogP contribution in [0.3, 0.4) is 0 Å². The first kappa shape index (κ1) is 6.39. The third-order valence-corrected chi connectivity index (χ3v) is 1.42. The fourth-order valence-electron chi connectivity index (χ4n) is 0.744. The Kier molecular flexibility index (Phi) is 1.60. The zero-order valence-corrected chi connectivity index (χ0v) is 5.37. The van der Waals surface area contributed by atoms with Gasteiger partial charge in [0.2, 0.25) is 0 Å². The Bertz CT molecular complexity index is 146. The highest BCUT2D eigenvalue weighted by molar-refractivity contribution is 4.82. The molecule has 0 saturated carbocycles. The van der Waals surface area contributed by atoms with Crippen molar-refractivity contribution in [1.29, 1.82) is 0 Å². The molecule has 4 heteroatoms. The van der Waals surface area contributed by atoms with E-state index in [-0.39, 0.29) is 5.41 Å². The molecule has 1 fully saturated rings. The van der Waals surface area contributed by atoms with Gasteiger partial charge in [0.15, 0.2) is 0 Å². The number of hydrogen-bond acceptors (Lipinski definition) is 2. The molecule has 0 amide bonds. The Labute approximate surface area is 53.4 Å². The summed E-state index contributed by atoms with van der Waals surface area (Å²) in [7, 11) is 0. The molecule has 0 aromatic carbocycles. The first-order valence-corrected chi connectivity index (χ1v) is 2.85. The second kappa shape index (κ2) is 2.25. The second-order valence-electron chi connectivity index (χ2n) is 2.69. The molecule has 0 radical (unpaired) electrons. The van der Waals surface area contributed by atoms with E-state index in [4.69, 9.17) is 10.3 Å². The number of rotatable bonds is 2. The van der Waals surface area contributed by atoms with Crippen molar-refractivity contribution in [2.45, 2.75) is 6.92 Å². The molecule has 1 saturated heterocycles. The smallest absolute Gasteiger partial charge is 0.0543 e. The van der Waals surface area contributed by atoms with Crippen LogP contribution in [0.5, 0.6) is 0 Å². The van der Waals surface area contributed by atoms with Gasteiger partial charge < -0.3 is 4.74 Å². The fraction of sp³-hybridized carbons (Fsp3) is 1.00.